The Kier molecular flexibility index (Phi) is 5.13. The average molecular weight is 307 g/mol. The van der Waals surface area contributed by atoms with Gasteiger partial charge in [-0.2, -0.15) is 0 Å². The predicted octanol–water partition coefficient (Wildman–Crippen LogP) is 0.144. The van der Waals surface area contributed by atoms with Crippen LogP contribution in [0.3, 0.4) is 0 Å². The number of nitrogens with zero attached hydrogens (tertiary/aromatic N) is 2. The Labute approximate surface area is 128 Å². The molecule has 0 radical (unpaired) electrons. The first-order chi connectivity index (χ1) is 10.5. The fraction of sp³-hybridized carbons (Fsp3) is 0.571. The molecule has 1 aliphatic rings. The van der Waals surface area contributed by atoms with Crippen molar-refractivity contribution >= 4 is 17.8 Å². The van der Waals surface area contributed by atoms with Gasteiger partial charge in [-0.1, -0.05) is 13.8 Å². The van der Waals surface area contributed by atoms with Crippen LogP contribution in [-0.2, 0) is 22.7 Å². The standard InChI is InChI=1S/C14H21N5O3/c1-9(2)7-19-8-15-5-10(19)6-16-12(20)4-3-11-13(21)18-14(22)17-11/h5,8-9,11H,3-4,6-7H2,1-2H3,(H,16,20)(H2,17,18,21,22). The lowest BCUT2D eigenvalue weighted by molar-refractivity contribution is -0.122. The molecule has 1 aromatic heterocycles. The maximum Gasteiger partial charge on any atom is 0.322 e. The van der Waals surface area contributed by atoms with E-state index in [0.29, 0.717) is 12.5 Å². The summed E-state index contributed by atoms with van der Waals surface area (Å²) in [6.45, 7) is 5.47. The molecule has 0 aromatic carbocycles. The number of carbonyl (C=O) groups is 3. The Morgan fingerprint density at radius 1 is 1.45 bits per heavy atom. The van der Waals surface area contributed by atoms with Gasteiger partial charge in [0.25, 0.3) is 5.91 Å². The fourth-order valence-electron chi connectivity index (χ4n) is 2.27. The van der Waals surface area contributed by atoms with Crippen LogP contribution in [0.15, 0.2) is 12.5 Å². The van der Waals surface area contributed by atoms with Crippen molar-refractivity contribution in [2.24, 2.45) is 5.92 Å². The molecule has 1 unspecified atom stereocenters. The lowest BCUT2D eigenvalue weighted by atomic mass is 10.1. The molecule has 8 nitrogen and oxygen atoms in total. The largest absolute Gasteiger partial charge is 0.350 e. The van der Waals surface area contributed by atoms with E-state index in [1.54, 1.807) is 12.5 Å². The van der Waals surface area contributed by atoms with Gasteiger partial charge < -0.3 is 15.2 Å². The monoisotopic (exact) mass is 307 g/mol. The van der Waals surface area contributed by atoms with E-state index in [4.69, 9.17) is 0 Å². The topological polar surface area (TPSA) is 105 Å². The number of imide groups is 1. The van der Waals surface area contributed by atoms with Crippen LogP contribution in [0.4, 0.5) is 4.79 Å². The zero-order valence-electron chi connectivity index (χ0n) is 12.8. The molecule has 0 bridgehead atoms. The summed E-state index contributed by atoms with van der Waals surface area (Å²) in [5, 5.41) is 7.41. The Morgan fingerprint density at radius 2 is 2.23 bits per heavy atom. The van der Waals surface area contributed by atoms with Crippen molar-refractivity contribution in [2.75, 3.05) is 0 Å². The van der Waals surface area contributed by atoms with E-state index in [-0.39, 0.29) is 24.7 Å². The van der Waals surface area contributed by atoms with Crippen LogP contribution in [0.2, 0.25) is 0 Å². The molecule has 8 heteroatoms. The van der Waals surface area contributed by atoms with Crippen LogP contribution in [0.1, 0.15) is 32.4 Å². The van der Waals surface area contributed by atoms with E-state index in [1.165, 1.54) is 0 Å². The first-order valence-electron chi connectivity index (χ1n) is 7.32. The molecule has 3 N–H and O–H groups in total. The van der Waals surface area contributed by atoms with Crippen LogP contribution in [0, 0.1) is 5.92 Å². The van der Waals surface area contributed by atoms with E-state index in [9.17, 15) is 14.4 Å². The Morgan fingerprint density at radius 3 is 2.86 bits per heavy atom. The first-order valence-corrected chi connectivity index (χ1v) is 7.32. The maximum atomic E-state index is 11.8. The molecule has 120 valence electrons. The average Bonchev–Trinajstić information content (AvgIpc) is 3.00. The number of imidazole rings is 1. The predicted molar refractivity (Wildman–Crippen MR) is 78.6 cm³/mol. The van der Waals surface area contributed by atoms with Gasteiger partial charge in [-0.15, -0.1) is 0 Å². The van der Waals surface area contributed by atoms with Crippen LogP contribution < -0.4 is 16.0 Å². The first kappa shape index (κ1) is 16.0. The van der Waals surface area contributed by atoms with Crippen molar-refractivity contribution in [1.29, 1.82) is 0 Å². The molecule has 0 spiro atoms. The molecule has 1 atom stereocenters. The summed E-state index contributed by atoms with van der Waals surface area (Å²) in [7, 11) is 0. The van der Waals surface area contributed by atoms with E-state index in [0.717, 1.165) is 12.2 Å². The highest BCUT2D eigenvalue weighted by Crippen LogP contribution is 2.06. The quantitative estimate of drug-likeness (QED) is 0.623. The highest BCUT2D eigenvalue weighted by atomic mass is 16.2. The normalized spacial score (nSPS) is 17.5. The Hall–Kier alpha value is -2.38. The fourth-order valence-corrected chi connectivity index (χ4v) is 2.27. The van der Waals surface area contributed by atoms with Crippen molar-refractivity contribution in [2.45, 2.75) is 45.8 Å². The summed E-state index contributed by atoms with van der Waals surface area (Å²) in [6.07, 6.45) is 3.94. The molecular weight excluding hydrogens is 286 g/mol. The number of aromatic nitrogens is 2. The maximum absolute atomic E-state index is 11.8. The third-order valence-electron chi connectivity index (χ3n) is 3.35. The number of urea groups is 1. The van der Waals surface area contributed by atoms with E-state index in [2.05, 4.69) is 34.8 Å². The van der Waals surface area contributed by atoms with Gasteiger partial charge in [0.15, 0.2) is 0 Å². The van der Waals surface area contributed by atoms with Gasteiger partial charge >= 0.3 is 6.03 Å². The van der Waals surface area contributed by atoms with Crippen molar-refractivity contribution in [3.63, 3.8) is 0 Å². The minimum absolute atomic E-state index is 0.161. The SMILES string of the molecule is CC(C)Cn1cncc1CNC(=O)CCC1NC(=O)NC1=O. The lowest BCUT2D eigenvalue weighted by Crippen LogP contribution is -2.32. The van der Waals surface area contributed by atoms with Gasteiger partial charge in [-0.25, -0.2) is 9.78 Å². The number of hydrogen-bond donors (Lipinski definition) is 3. The number of amides is 4. The van der Waals surface area contributed by atoms with Crippen LogP contribution in [0.5, 0.6) is 0 Å². The van der Waals surface area contributed by atoms with Gasteiger partial charge in [0.2, 0.25) is 5.91 Å². The second-order valence-corrected chi connectivity index (χ2v) is 5.76. The van der Waals surface area contributed by atoms with Crippen molar-refractivity contribution < 1.29 is 14.4 Å². The van der Waals surface area contributed by atoms with Gasteiger partial charge in [0.1, 0.15) is 6.04 Å². The molecule has 1 aliphatic heterocycles. The molecule has 1 saturated heterocycles. The van der Waals surface area contributed by atoms with E-state index >= 15 is 0 Å². The molecular formula is C14H21N5O3. The number of carbonyl (C=O) groups excluding carboxylic acids is 3. The highest BCUT2D eigenvalue weighted by molar-refractivity contribution is 6.04. The van der Waals surface area contributed by atoms with Crippen molar-refractivity contribution in [3.05, 3.63) is 18.2 Å². The van der Waals surface area contributed by atoms with Gasteiger partial charge in [-0.3, -0.25) is 14.9 Å². The summed E-state index contributed by atoms with van der Waals surface area (Å²) in [5.74, 6) is -0.0489. The van der Waals surface area contributed by atoms with Gasteiger partial charge in [0, 0.05) is 19.2 Å². The van der Waals surface area contributed by atoms with Gasteiger partial charge in [0.05, 0.1) is 18.6 Å². The Bertz CT molecular complexity index is 567. The summed E-state index contributed by atoms with van der Waals surface area (Å²) in [4.78, 5) is 38.2. The minimum Gasteiger partial charge on any atom is -0.350 e. The number of nitrogens with one attached hydrogen (secondary N) is 3. The third kappa shape index (κ3) is 4.31. The zero-order valence-corrected chi connectivity index (χ0v) is 12.8. The molecule has 2 heterocycles. The highest BCUT2D eigenvalue weighted by Gasteiger charge is 2.29. The zero-order chi connectivity index (χ0) is 16.1. The number of hydrogen-bond acceptors (Lipinski definition) is 4. The third-order valence-corrected chi connectivity index (χ3v) is 3.35. The van der Waals surface area contributed by atoms with Crippen LogP contribution >= 0.6 is 0 Å². The van der Waals surface area contributed by atoms with Gasteiger partial charge in [-0.05, 0) is 12.3 Å². The molecule has 1 aromatic rings. The number of rotatable bonds is 7. The molecule has 22 heavy (non-hydrogen) atoms. The minimum atomic E-state index is -0.621. The summed E-state index contributed by atoms with van der Waals surface area (Å²) in [6, 6.07) is -1.13. The van der Waals surface area contributed by atoms with E-state index < -0.39 is 12.1 Å². The van der Waals surface area contributed by atoms with Crippen LogP contribution in [-0.4, -0.2) is 33.4 Å². The Balaban J connectivity index is 1.75. The molecule has 2 rings (SSSR count). The second kappa shape index (κ2) is 7.06. The summed E-state index contributed by atoms with van der Waals surface area (Å²) in [5.41, 5.74) is 0.939. The van der Waals surface area contributed by atoms with Crippen LogP contribution in [0.25, 0.3) is 0 Å². The van der Waals surface area contributed by atoms with E-state index in [1.807, 2.05) is 4.57 Å². The molecule has 0 aliphatic carbocycles. The molecule has 1 fully saturated rings. The summed E-state index contributed by atoms with van der Waals surface area (Å²) >= 11 is 0. The lowest BCUT2D eigenvalue weighted by Gasteiger charge is -2.12. The molecule has 0 saturated carbocycles. The smallest absolute Gasteiger partial charge is 0.322 e. The summed E-state index contributed by atoms with van der Waals surface area (Å²) < 4.78 is 2.01. The van der Waals surface area contributed by atoms with Crippen molar-refractivity contribution in [1.82, 2.24) is 25.5 Å². The second-order valence-electron chi connectivity index (χ2n) is 5.76. The molecule has 4 amide bonds. The van der Waals surface area contributed by atoms with Crippen molar-refractivity contribution in [3.8, 4) is 0 Å².